The first kappa shape index (κ1) is 20.4. The molecule has 1 N–H and O–H groups in total. The Morgan fingerprint density at radius 3 is 2.73 bits per heavy atom. The standard InChI is InChI=1S/C22H27N5O2S/c1-2-29-19-9-7-17(8-10-19)11-12-23-20(28)18-6-5-15-27(16-18)22-25-24-21(30-22)26-13-3-4-14-26/h3-4,7-10,13-14,18H,2,5-6,11-12,15-16H2,1H3,(H,23,28). The Hall–Kier alpha value is -2.87. The second-order valence-electron chi connectivity index (χ2n) is 7.36. The largest absolute Gasteiger partial charge is 0.494 e. The first-order valence-electron chi connectivity index (χ1n) is 10.4. The summed E-state index contributed by atoms with van der Waals surface area (Å²) in [6.07, 6.45) is 6.62. The van der Waals surface area contributed by atoms with Gasteiger partial charge in [0.2, 0.25) is 16.2 Å². The summed E-state index contributed by atoms with van der Waals surface area (Å²) in [5.41, 5.74) is 1.19. The maximum absolute atomic E-state index is 12.7. The summed E-state index contributed by atoms with van der Waals surface area (Å²) in [4.78, 5) is 14.9. The van der Waals surface area contributed by atoms with E-state index in [-0.39, 0.29) is 11.8 Å². The van der Waals surface area contributed by atoms with E-state index in [0.29, 0.717) is 19.7 Å². The Labute approximate surface area is 180 Å². The van der Waals surface area contributed by atoms with E-state index >= 15 is 0 Å². The fourth-order valence-corrected chi connectivity index (χ4v) is 4.51. The van der Waals surface area contributed by atoms with Gasteiger partial charge in [-0.2, -0.15) is 0 Å². The zero-order chi connectivity index (χ0) is 20.8. The molecular weight excluding hydrogens is 398 g/mol. The zero-order valence-corrected chi connectivity index (χ0v) is 18.0. The van der Waals surface area contributed by atoms with Crippen molar-refractivity contribution in [3.63, 3.8) is 0 Å². The van der Waals surface area contributed by atoms with E-state index in [1.165, 1.54) is 5.56 Å². The van der Waals surface area contributed by atoms with Crippen LogP contribution in [-0.2, 0) is 11.2 Å². The predicted molar refractivity (Wildman–Crippen MR) is 118 cm³/mol. The van der Waals surface area contributed by atoms with Gasteiger partial charge in [0.15, 0.2) is 0 Å². The molecule has 0 saturated carbocycles. The average Bonchev–Trinajstić information content (AvgIpc) is 3.47. The van der Waals surface area contributed by atoms with Crippen LogP contribution in [0.15, 0.2) is 48.8 Å². The summed E-state index contributed by atoms with van der Waals surface area (Å²) in [5.74, 6) is 0.989. The summed E-state index contributed by atoms with van der Waals surface area (Å²) in [7, 11) is 0. The SMILES string of the molecule is CCOc1ccc(CCNC(=O)C2CCCN(c3nnc(-n4cccc4)s3)C2)cc1. The lowest BCUT2D eigenvalue weighted by molar-refractivity contribution is -0.125. The van der Waals surface area contributed by atoms with Crippen molar-refractivity contribution in [2.45, 2.75) is 26.2 Å². The van der Waals surface area contributed by atoms with Crippen molar-refractivity contribution in [2.75, 3.05) is 31.1 Å². The van der Waals surface area contributed by atoms with E-state index in [1.54, 1.807) is 11.3 Å². The van der Waals surface area contributed by atoms with Crippen LogP contribution in [0.5, 0.6) is 5.75 Å². The van der Waals surface area contributed by atoms with Gasteiger partial charge in [0.25, 0.3) is 0 Å². The highest BCUT2D eigenvalue weighted by Gasteiger charge is 2.27. The van der Waals surface area contributed by atoms with Gasteiger partial charge >= 0.3 is 0 Å². The molecule has 0 aliphatic carbocycles. The van der Waals surface area contributed by atoms with E-state index < -0.39 is 0 Å². The number of carbonyl (C=O) groups is 1. The number of nitrogens with one attached hydrogen (secondary N) is 1. The van der Waals surface area contributed by atoms with Gasteiger partial charge in [-0.25, -0.2) is 0 Å². The van der Waals surface area contributed by atoms with Crippen molar-refractivity contribution < 1.29 is 9.53 Å². The van der Waals surface area contributed by atoms with Crippen LogP contribution in [0.4, 0.5) is 5.13 Å². The molecule has 7 nitrogen and oxygen atoms in total. The number of hydrogen-bond donors (Lipinski definition) is 1. The number of aromatic nitrogens is 3. The fraction of sp³-hybridized carbons (Fsp3) is 0.409. The molecule has 3 heterocycles. The van der Waals surface area contributed by atoms with Gasteiger partial charge in [0.1, 0.15) is 5.75 Å². The minimum absolute atomic E-state index is 0.0157. The minimum atomic E-state index is -0.0157. The number of amides is 1. The van der Waals surface area contributed by atoms with Crippen LogP contribution in [0.2, 0.25) is 0 Å². The van der Waals surface area contributed by atoms with Crippen LogP contribution in [0.1, 0.15) is 25.3 Å². The lowest BCUT2D eigenvalue weighted by atomic mass is 9.97. The monoisotopic (exact) mass is 425 g/mol. The van der Waals surface area contributed by atoms with Crippen LogP contribution in [0.3, 0.4) is 0 Å². The van der Waals surface area contributed by atoms with Gasteiger partial charge in [-0.05, 0) is 56.0 Å². The van der Waals surface area contributed by atoms with Crippen molar-refractivity contribution in [2.24, 2.45) is 5.92 Å². The second kappa shape index (κ2) is 9.75. The normalized spacial score (nSPS) is 16.4. The Bertz CT molecular complexity index is 939. The molecule has 1 amide bonds. The quantitative estimate of drug-likeness (QED) is 0.600. The van der Waals surface area contributed by atoms with Gasteiger partial charge in [0.05, 0.1) is 12.5 Å². The number of piperidine rings is 1. The van der Waals surface area contributed by atoms with Gasteiger partial charge in [-0.3, -0.25) is 9.36 Å². The van der Waals surface area contributed by atoms with Crippen molar-refractivity contribution in [3.8, 4) is 10.9 Å². The molecule has 2 aromatic heterocycles. The molecule has 1 atom stereocenters. The molecule has 158 valence electrons. The molecule has 1 aliphatic heterocycles. The molecule has 4 rings (SSSR count). The Kier molecular flexibility index (Phi) is 6.63. The van der Waals surface area contributed by atoms with E-state index in [2.05, 4.69) is 32.5 Å². The first-order valence-corrected chi connectivity index (χ1v) is 11.3. The van der Waals surface area contributed by atoms with Gasteiger partial charge in [-0.15, -0.1) is 10.2 Å². The topological polar surface area (TPSA) is 72.3 Å². The van der Waals surface area contributed by atoms with E-state index in [4.69, 9.17) is 4.74 Å². The third-order valence-corrected chi connectivity index (χ3v) is 6.24. The minimum Gasteiger partial charge on any atom is -0.494 e. The number of hydrogen-bond acceptors (Lipinski definition) is 6. The fourth-order valence-electron chi connectivity index (χ4n) is 3.66. The number of rotatable bonds is 8. The molecule has 3 aromatic rings. The molecule has 1 aliphatic rings. The van der Waals surface area contributed by atoms with Crippen molar-refractivity contribution in [1.29, 1.82) is 0 Å². The zero-order valence-electron chi connectivity index (χ0n) is 17.2. The number of benzene rings is 1. The van der Waals surface area contributed by atoms with Crippen molar-refractivity contribution in [1.82, 2.24) is 20.1 Å². The van der Waals surface area contributed by atoms with E-state index in [1.807, 2.05) is 48.1 Å². The number of carbonyl (C=O) groups excluding carboxylic acids is 1. The van der Waals surface area contributed by atoms with E-state index in [0.717, 1.165) is 41.8 Å². The summed E-state index contributed by atoms with van der Waals surface area (Å²) in [5, 5.41) is 13.5. The molecule has 0 radical (unpaired) electrons. The molecule has 0 bridgehead atoms. The number of ether oxygens (including phenoxy) is 1. The highest BCUT2D eigenvalue weighted by atomic mass is 32.1. The van der Waals surface area contributed by atoms with Crippen molar-refractivity contribution in [3.05, 3.63) is 54.4 Å². The van der Waals surface area contributed by atoms with Crippen LogP contribution >= 0.6 is 11.3 Å². The lowest BCUT2D eigenvalue weighted by Gasteiger charge is -2.31. The molecule has 8 heteroatoms. The number of nitrogens with zero attached hydrogens (tertiary/aromatic N) is 4. The highest BCUT2D eigenvalue weighted by Crippen LogP contribution is 2.27. The van der Waals surface area contributed by atoms with Gasteiger partial charge in [0, 0.05) is 32.0 Å². The van der Waals surface area contributed by atoms with Crippen LogP contribution in [0, 0.1) is 5.92 Å². The highest BCUT2D eigenvalue weighted by molar-refractivity contribution is 7.17. The maximum Gasteiger partial charge on any atom is 0.224 e. The first-order chi connectivity index (χ1) is 14.7. The average molecular weight is 426 g/mol. The maximum atomic E-state index is 12.7. The summed E-state index contributed by atoms with van der Waals surface area (Å²) in [6, 6.07) is 12.0. The molecule has 1 aromatic carbocycles. The molecule has 1 fully saturated rings. The molecule has 1 unspecified atom stereocenters. The Balaban J connectivity index is 1.27. The third kappa shape index (κ3) is 4.99. The van der Waals surface area contributed by atoms with E-state index in [9.17, 15) is 4.79 Å². The predicted octanol–water partition coefficient (Wildman–Crippen LogP) is 3.30. The molecule has 0 spiro atoms. The van der Waals surface area contributed by atoms with Gasteiger partial charge < -0.3 is 15.0 Å². The van der Waals surface area contributed by atoms with Crippen LogP contribution in [-0.4, -0.2) is 46.9 Å². The Morgan fingerprint density at radius 1 is 1.20 bits per heavy atom. The molecule has 1 saturated heterocycles. The smallest absolute Gasteiger partial charge is 0.224 e. The summed E-state index contributed by atoms with van der Waals surface area (Å²) >= 11 is 1.56. The molecule has 30 heavy (non-hydrogen) atoms. The molecular formula is C22H27N5O2S. The third-order valence-electron chi connectivity index (χ3n) is 5.24. The summed E-state index contributed by atoms with van der Waals surface area (Å²) < 4.78 is 7.42. The van der Waals surface area contributed by atoms with Crippen molar-refractivity contribution >= 4 is 22.4 Å². The van der Waals surface area contributed by atoms with Gasteiger partial charge in [-0.1, -0.05) is 23.5 Å². The lowest BCUT2D eigenvalue weighted by Crippen LogP contribution is -2.43. The van der Waals surface area contributed by atoms with Crippen LogP contribution < -0.4 is 15.0 Å². The number of anilines is 1. The Morgan fingerprint density at radius 2 is 1.97 bits per heavy atom. The summed E-state index contributed by atoms with van der Waals surface area (Å²) in [6.45, 7) is 4.88. The van der Waals surface area contributed by atoms with Crippen LogP contribution in [0.25, 0.3) is 5.13 Å². The second-order valence-corrected chi connectivity index (χ2v) is 8.30.